The second-order valence-electron chi connectivity index (χ2n) is 7.77. The van der Waals surface area contributed by atoms with Crippen molar-refractivity contribution >= 4 is 28.9 Å². The zero-order valence-electron chi connectivity index (χ0n) is 16.9. The predicted molar refractivity (Wildman–Crippen MR) is 113 cm³/mol. The molecule has 1 aliphatic heterocycles. The van der Waals surface area contributed by atoms with E-state index >= 15 is 0 Å². The fraction of sp³-hybridized carbons (Fsp3) is 0.381. The van der Waals surface area contributed by atoms with Gasteiger partial charge in [-0.25, -0.2) is 4.98 Å². The van der Waals surface area contributed by atoms with Gasteiger partial charge in [0, 0.05) is 19.2 Å². The molecule has 1 amide bonds. The van der Waals surface area contributed by atoms with Crippen LogP contribution in [0, 0.1) is 5.92 Å². The van der Waals surface area contributed by atoms with Crippen LogP contribution in [0.15, 0.2) is 30.5 Å². The van der Waals surface area contributed by atoms with Gasteiger partial charge in [-0.2, -0.15) is 9.61 Å². The molecule has 0 bridgehead atoms. The molecule has 3 N–H and O–H groups in total. The number of para-hydroxylation sites is 1. The average molecular weight is 408 g/mol. The number of nitrogens with zero attached hydrogens (tertiary/aromatic N) is 3. The maximum Gasteiger partial charge on any atom is 0.256 e. The van der Waals surface area contributed by atoms with Crippen molar-refractivity contribution in [3.8, 4) is 11.5 Å². The van der Waals surface area contributed by atoms with Gasteiger partial charge in [0.25, 0.3) is 5.91 Å². The standard InChI is InChI=1S/C21H24N6O3/c1-12-8-13(9-12)24-21(28)14-11-23-27-18(22-2)10-17(26-20(14)27)25-15-4-3-5-16-19(15)30-7-6-29-16/h3-5,10-13,22H,6-9H2,1-2H3,(H,24,28)(H,25,26). The molecule has 30 heavy (non-hydrogen) atoms. The van der Waals surface area contributed by atoms with Gasteiger partial charge >= 0.3 is 0 Å². The van der Waals surface area contributed by atoms with E-state index in [4.69, 9.17) is 9.47 Å². The number of fused-ring (bicyclic) bond motifs is 2. The first-order chi connectivity index (χ1) is 14.6. The summed E-state index contributed by atoms with van der Waals surface area (Å²) in [6.07, 6.45) is 3.58. The maximum absolute atomic E-state index is 12.8. The first-order valence-electron chi connectivity index (χ1n) is 10.2. The van der Waals surface area contributed by atoms with E-state index in [0.29, 0.717) is 53.5 Å². The quantitative estimate of drug-likeness (QED) is 0.597. The van der Waals surface area contributed by atoms with Gasteiger partial charge in [-0.3, -0.25) is 4.79 Å². The van der Waals surface area contributed by atoms with Crippen molar-refractivity contribution in [1.82, 2.24) is 19.9 Å². The molecule has 0 atom stereocenters. The van der Waals surface area contributed by atoms with E-state index < -0.39 is 0 Å². The van der Waals surface area contributed by atoms with Crippen LogP contribution in [0.5, 0.6) is 11.5 Å². The summed E-state index contributed by atoms with van der Waals surface area (Å²) in [5.41, 5.74) is 1.68. The normalized spacial score (nSPS) is 19.8. The van der Waals surface area contributed by atoms with Crippen LogP contribution in [0.4, 0.5) is 17.3 Å². The zero-order valence-corrected chi connectivity index (χ0v) is 16.9. The number of carbonyl (C=O) groups excluding carboxylic acids is 1. The van der Waals surface area contributed by atoms with Crippen LogP contribution in [-0.2, 0) is 0 Å². The number of aromatic nitrogens is 3. The smallest absolute Gasteiger partial charge is 0.256 e. The first kappa shape index (κ1) is 18.5. The molecule has 3 aromatic rings. The summed E-state index contributed by atoms with van der Waals surface area (Å²) in [7, 11) is 1.80. The Morgan fingerprint density at radius 1 is 1.23 bits per heavy atom. The number of benzene rings is 1. The van der Waals surface area contributed by atoms with E-state index in [1.165, 1.54) is 0 Å². The lowest BCUT2D eigenvalue weighted by molar-refractivity contribution is 0.0897. The highest BCUT2D eigenvalue weighted by Crippen LogP contribution is 2.38. The Labute approximate surface area is 173 Å². The third-order valence-corrected chi connectivity index (χ3v) is 5.51. The van der Waals surface area contributed by atoms with Crippen LogP contribution >= 0.6 is 0 Å². The van der Waals surface area contributed by atoms with E-state index in [9.17, 15) is 4.79 Å². The van der Waals surface area contributed by atoms with E-state index in [2.05, 4.69) is 33.0 Å². The Bertz CT molecular complexity index is 1110. The van der Waals surface area contributed by atoms with E-state index in [0.717, 1.165) is 18.5 Å². The van der Waals surface area contributed by atoms with Crippen molar-refractivity contribution in [3.63, 3.8) is 0 Å². The number of ether oxygens (including phenoxy) is 2. The highest BCUT2D eigenvalue weighted by molar-refractivity contribution is 6.00. The van der Waals surface area contributed by atoms with Crippen molar-refractivity contribution in [1.29, 1.82) is 0 Å². The Balaban J connectivity index is 1.48. The molecule has 9 heteroatoms. The summed E-state index contributed by atoms with van der Waals surface area (Å²) >= 11 is 0. The lowest BCUT2D eigenvalue weighted by Gasteiger charge is -2.33. The number of nitrogens with one attached hydrogen (secondary N) is 3. The summed E-state index contributed by atoms with van der Waals surface area (Å²) in [6, 6.07) is 7.72. The Kier molecular flexibility index (Phi) is 4.57. The van der Waals surface area contributed by atoms with Crippen LogP contribution in [0.2, 0.25) is 0 Å². The van der Waals surface area contributed by atoms with Gasteiger partial charge in [-0.15, -0.1) is 0 Å². The van der Waals surface area contributed by atoms with Crippen molar-refractivity contribution in [3.05, 3.63) is 36.0 Å². The molecule has 156 valence electrons. The maximum atomic E-state index is 12.8. The molecule has 0 spiro atoms. The van der Waals surface area contributed by atoms with Crippen LogP contribution in [0.1, 0.15) is 30.1 Å². The number of carbonyl (C=O) groups is 1. The Hall–Kier alpha value is -3.49. The van der Waals surface area contributed by atoms with E-state index in [-0.39, 0.29) is 11.9 Å². The molecule has 1 aliphatic carbocycles. The zero-order chi connectivity index (χ0) is 20.7. The van der Waals surface area contributed by atoms with Crippen molar-refractivity contribution < 1.29 is 14.3 Å². The van der Waals surface area contributed by atoms with Crippen LogP contribution in [-0.4, -0.2) is 46.8 Å². The molecular formula is C21H24N6O3. The molecule has 0 saturated heterocycles. The molecular weight excluding hydrogens is 384 g/mol. The molecule has 1 aromatic carbocycles. The molecule has 3 heterocycles. The largest absolute Gasteiger partial charge is 0.486 e. The molecule has 2 aliphatic rings. The van der Waals surface area contributed by atoms with Crippen LogP contribution in [0.25, 0.3) is 5.65 Å². The minimum atomic E-state index is -0.151. The van der Waals surface area contributed by atoms with Crippen LogP contribution < -0.4 is 25.4 Å². The number of amides is 1. The monoisotopic (exact) mass is 408 g/mol. The number of hydrogen-bond donors (Lipinski definition) is 3. The number of anilines is 3. The predicted octanol–water partition coefficient (Wildman–Crippen LogP) is 2.81. The third kappa shape index (κ3) is 3.26. The number of hydrogen-bond acceptors (Lipinski definition) is 7. The highest BCUT2D eigenvalue weighted by Gasteiger charge is 2.28. The average Bonchev–Trinajstić information content (AvgIpc) is 3.16. The molecule has 1 fully saturated rings. The number of rotatable bonds is 5. The SMILES string of the molecule is CNc1cc(Nc2cccc3c2OCCO3)nc2c(C(=O)NC3CC(C)C3)cnn12. The molecule has 0 unspecified atom stereocenters. The summed E-state index contributed by atoms with van der Waals surface area (Å²) < 4.78 is 13.1. The molecule has 1 saturated carbocycles. The summed E-state index contributed by atoms with van der Waals surface area (Å²) in [4.78, 5) is 17.5. The minimum Gasteiger partial charge on any atom is -0.486 e. The van der Waals surface area contributed by atoms with Gasteiger partial charge in [-0.1, -0.05) is 13.0 Å². The van der Waals surface area contributed by atoms with Gasteiger partial charge in [0.2, 0.25) is 0 Å². The molecule has 2 aromatic heterocycles. The fourth-order valence-corrected chi connectivity index (χ4v) is 3.96. The van der Waals surface area contributed by atoms with Crippen LogP contribution in [0.3, 0.4) is 0 Å². The van der Waals surface area contributed by atoms with E-state index in [1.54, 1.807) is 17.8 Å². The third-order valence-electron chi connectivity index (χ3n) is 5.51. The van der Waals surface area contributed by atoms with Gasteiger partial charge < -0.3 is 25.4 Å². The fourth-order valence-electron chi connectivity index (χ4n) is 3.96. The van der Waals surface area contributed by atoms with Gasteiger partial charge in [0.1, 0.15) is 30.4 Å². The van der Waals surface area contributed by atoms with Crippen molar-refractivity contribution in [2.45, 2.75) is 25.8 Å². The van der Waals surface area contributed by atoms with Gasteiger partial charge in [0.15, 0.2) is 17.1 Å². The summed E-state index contributed by atoms with van der Waals surface area (Å²) in [5.74, 6) is 3.14. The Morgan fingerprint density at radius 3 is 2.87 bits per heavy atom. The Morgan fingerprint density at radius 2 is 2.07 bits per heavy atom. The van der Waals surface area contributed by atoms with Gasteiger partial charge in [-0.05, 0) is 30.9 Å². The van der Waals surface area contributed by atoms with Gasteiger partial charge in [0.05, 0.1) is 11.9 Å². The van der Waals surface area contributed by atoms with Crippen molar-refractivity contribution in [2.75, 3.05) is 30.9 Å². The van der Waals surface area contributed by atoms with Crippen molar-refractivity contribution in [2.24, 2.45) is 5.92 Å². The first-order valence-corrected chi connectivity index (χ1v) is 10.2. The highest BCUT2D eigenvalue weighted by atomic mass is 16.6. The van der Waals surface area contributed by atoms with E-state index in [1.807, 2.05) is 24.3 Å². The molecule has 0 radical (unpaired) electrons. The summed E-state index contributed by atoms with van der Waals surface area (Å²) in [6.45, 7) is 3.21. The second kappa shape index (κ2) is 7.40. The second-order valence-corrected chi connectivity index (χ2v) is 7.77. The summed E-state index contributed by atoms with van der Waals surface area (Å²) in [5, 5.41) is 13.8. The molecule has 9 nitrogen and oxygen atoms in total. The lowest BCUT2D eigenvalue weighted by atomic mass is 9.82. The molecule has 5 rings (SSSR count). The minimum absolute atomic E-state index is 0.151. The lowest BCUT2D eigenvalue weighted by Crippen LogP contribution is -2.43. The topological polar surface area (TPSA) is 102 Å².